The van der Waals surface area contributed by atoms with Gasteiger partial charge in [-0.15, -0.1) is 11.8 Å². The van der Waals surface area contributed by atoms with Crippen molar-refractivity contribution in [3.63, 3.8) is 0 Å². The molecule has 0 aliphatic carbocycles. The zero-order chi connectivity index (χ0) is 17.9. The van der Waals surface area contributed by atoms with E-state index in [1.165, 1.54) is 18.9 Å². The lowest BCUT2D eigenvalue weighted by molar-refractivity contribution is 0.0488. The molecule has 2 rings (SSSR count). The van der Waals surface area contributed by atoms with Crippen LogP contribution in [-0.2, 0) is 9.47 Å². The van der Waals surface area contributed by atoms with Gasteiger partial charge in [0.25, 0.3) is 0 Å². The summed E-state index contributed by atoms with van der Waals surface area (Å²) in [6.07, 6.45) is 2.05. The number of nitrogens with one attached hydrogen (secondary N) is 1. The van der Waals surface area contributed by atoms with Gasteiger partial charge in [-0.1, -0.05) is 0 Å². The van der Waals surface area contributed by atoms with Crippen LogP contribution in [0.3, 0.4) is 0 Å². The smallest absolute Gasteiger partial charge is 0.408 e. The fraction of sp³-hybridized carbons (Fsp3) is 0.529. The van der Waals surface area contributed by atoms with Crippen LogP contribution in [0.5, 0.6) is 5.75 Å². The quantitative estimate of drug-likeness (QED) is 0.662. The number of hydrogen-bond acceptors (Lipinski definition) is 6. The summed E-state index contributed by atoms with van der Waals surface area (Å²) in [5, 5.41) is 2.88. The van der Waals surface area contributed by atoms with Gasteiger partial charge in [-0.2, -0.15) is 0 Å². The van der Waals surface area contributed by atoms with Gasteiger partial charge in [0.2, 0.25) is 0 Å². The molecule has 1 heterocycles. The van der Waals surface area contributed by atoms with E-state index >= 15 is 0 Å². The Kier molecular flexibility index (Phi) is 5.64. The van der Waals surface area contributed by atoms with Crippen molar-refractivity contribution >= 4 is 23.8 Å². The number of carbonyl (C=O) groups is 2. The highest BCUT2D eigenvalue weighted by atomic mass is 32.2. The van der Waals surface area contributed by atoms with E-state index in [1.54, 1.807) is 6.07 Å². The fourth-order valence-electron chi connectivity index (χ4n) is 2.45. The molecule has 0 saturated carbocycles. The Labute approximate surface area is 146 Å². The molecule has 1 amide bonds. The standard InChI is InChI=1S/C17H23NO5S/c1-17(2,3)23-16(20)18-12-6-7-22-13-8-11(15(19)21-4)14(24-5)9-10(12)13/h8-9,12H,6-7H2,1-5H3,(H,18,20)/t12-/m0/s1. The van der Waals surface area contributed by atoms with E-state index in [1.807, 2.05) is 33.1 Å². The van der Waals surface area contributed by atoms with Crippen LogP contribution in [0.1, 0.15) is 49.2 Å². The molecule has 0 spiro atoms. The van der Waals surface area contributed by atoms with E-state index in [-0.39, 0.29) is 6.04 Å². The minimum atomic E-state index is -0.558. The van der Waals surface area contributed by atoms with E-state index < -0.39 is 17.7 Å². The van der Waals surface area contributed by atoms with Gasteiger partial charge in [0.15, 0.2) is 0 Å². The number of thioether (sulfide) groups is 1. The first-order chi connectivity index (χ1) is 11.2. The lowest BCUT2D eigenvalue weighted by Crippen LogP contribution is -2.36. The van der Waals surface area contributed by atoms with Gasteiger partial charge in [-0.25, -0.2) is 9.59 Å². The molecule has 24 heavy (non-hydrogen) atoms. The topological polar surface area (TPSA) is 73.9 Å². The van der Waals surface area contributed by atoms with Gasteiger partial charge in [0.1, 0.15) is 11.4 Å². The molecule has 1 aromatic carbocycles. The van der Waals surface area contributed by atoms with Crippen molar-refractivity contribution in [3.8, 4) is 5.75 Å². The van der Waals surface area contributed by atoms with Crippen LogP contribution >= 0.6 is 11.8 Å². The predicted molar refractivity (Wildman–Crippen MR) is 91.8 cm³/mol. The summed E-state index contributed by atoms with van der Waals surface area (Å²) in [6.45, 7) is 5.91. The summed E-state index contributed by atoms with van der Waals surface area (Å²) in [4.78, 5) is 24.8. The van der Waals surface area contributed by atoms with E-state index in [0.29, 0.717) is 24.3 Å². The molecular formula is C17H23NO5S. The number of rotatable bonds is 3. The Balaban J connectivity index is 2.29. The van der Waals surface area contributed by atoms with Crippen molar-refractivity contribution in [3.05, 3.63) is 23.3 Å². The SMILES string of the molecule is COC(=O)c1cc2c(cc1SC)[C@@H](NC(=O)OC(C)(C)C)CCO2. The van der Waals surface area contributed by atoms with Crippen LogP contribution in [0.4, 0.5) is 4.79 Å². The Morgan fingerprint density at radius 1 is 1.33 bits per heavy atom. The van der Waals surface area contributed by atoms with Gasteiger partial charge >= 0.3 is 12.1 Å². The molecule has 0 fully saturated rings. The number of esters is 1. The molecule has 0 saturated heterocycles. The second kappa shape index (κ2) is 7.34. The maximum Gasteiger partial charge on any atom is 0.408 e. The average molecular weight is 353 g/mol. The summed E-state index contributed by atoms with van der Waals surface area (Å²) in [5.41, 5.74) is 0.739. The van der Waals surface area contributed by atoms with Crippen LogP contribution < -0.4 is 10.1 Å². The third kappa shape index (κ3) is 4.35. The first-order valence-corrected chi connectivity index (χ1v) is 8.90. The van der Waals surface area contributed by atoms with Crippen molar-refractivity contribution in [2.24, 2.45) is 0 Å². The summed E-state index contributed by atoms with van der Waals surface area (Å²) >= 11 is 1.44. The normalized spacial score (nSPS) is 16.6. The predicted octanol–water partition coefficient (Wildman–Crippen LogP) is 3.54. The van der Waals surface area contributed by atoms with Crippen molar-refractivity contribution in [1.29, 1.82) is 0 Å². The first-order valence-electron chi connectivity index (χ1n) is 7.67. The number of carbonyl (C=O) groups excluding carboxylic acids is 2. The number of methoxy groups -OCH3 is 1. The second-order valence-corrected chi connectivity index (χ2v) is 7.27. The molecule has 1 atom stereocenters. The summed E-state index contributed by atoms with van der Waals surface area (Å²) in [7, 11) is 1.35. The van der Waals surface area contributed by atoms with Crippen molar-refractivity contribution in [1.82, 2.24) is 5.32 Å². The molecule has 7 heteroatoms. The lowest BCUT2D eigenvalue weighted by Gasteiger charge is -2.29. The number of benzene rings is 1. The molecule has 0 aromatic heterocycles. The molecule has 1 aliphatic heterocycles. The highest BCUT2D eigenvalue weighted by molar-refractivity contribution is 7.98. The molecule has 0 radical (unpaired) electrons. The largest absolute Gasteiger partial charge is 0.493 e. The summed E-state index contributed by atoms with van der Waals surface area (Å²) in [5.74, 6) is 0.175. The zero-order valence-electron chi connectivity index (χ0n) is 14.6. The fourth-order valence-corrected chi connectivity index (χ4v) is 3.06. The summed E-state index contributed by atoms with van der Waals surface area (Å²) < 4.78 is 15.8. The van der Waals surface area contributed by atoms with Crippen LogP contribution in [0.15, 0.2) is 17.0 Å². The maximum atomic E-state index is 12.1. The van der Waals surface area contributed by atoms with Gasteiger partial charge in [0, 0.05) is 16.9 Å². The zero-order valence-corrected chi connectivity index (χ0v) is 15.4. The molecule has 1 N–H and O–H groups in total. The lowest BCUT2D eigenvalue weighted by atomic mass is 9.98. The molecule has 0 bridgehead atoms. The first kappa shape index (κ1) is 18.4. The molecule has 132 valence electrons. The average Bonchev–Trinajstić information content (AvgIpc) is 2.51. The van der Waals surface area contributed by atoms with Gasteiger partial charge in [-0.3, -0.25) is 0 Å². The molecular weight excluding hydrogens is 330 g/mol. The van der Waals surface area contributed by atoms with Crippen molar-refractivity contribution < 1.29 is 23.8 Å². The number of fused-ring (bicyclic) bond motifs is 1. The van der Waals surface area contributed by atoms with E-state index in [0.717, 1.165) is 10.5 Å². The third-order valence-electron chi connectivity index (χ3n) is 3.47. The Morgan fingerprint density at radius 3 is 2.62 bits per heavy atom. The summed E-state index contributed by atoms with van der Waals surface area (Å²) in [6, 6.07) is 3.32. The second-order valence-electron chi connectivity index (χ2n) is 6.42. The number of amides is 1. The number of ether oxygens (including phenoxy) is 3. The van der Waals surface area contributed by atoms with E-state index in [4.69, 9.17) is 14.2 Å². The molecule has 0 unspecified atom stereocenters. The Bertz CT molecular complexity index is 639. The molecule has 6 nitrogen and oxygen atoms in total. The Hall–Kier alpha value is -1.89. The van der Waals surface area contributed by atoms with Gasteiger partial charge in [-0.05, 0) is 39.2 Å². The van der Waals surface area contributed by atoms with Crippen LogP contribution in [-0.4, -0.2) is 37.6 Å². The van der Waals surface area contributed by atoms with Crippen LogP contribution in [0, 0.1) is 0 Å². The van der Waals surface area contributed by atoms with Gasteiger partial charge < -0.3 is 19.5 Å². The minimum absolute atomic E-state index is 0.221. The maximum absolute atomic E-state index is 12.1. The van der Waals surface area contributed by atoms with Crippen LogP contribution in [0.25, 0.3) is 0 Å². The third-order valence-corrected chi connectivity index (χ3v) is 4.25. The van der Waals surface area contributed by atoms with Gasteiger partial charge in [0.05, 0.1) is 25.3 Å². The van der Waals surface area contributed by atoms with Crippen molar-refractivity contribution in [2.45, 2.75) is 43.7 Å². The highest BCUT2D eigenvalue weighted by Crippen LogP contribution is 2.37. The molecule has 1 aromatic rings. The highest BCUT2D eigenvalue weighted by Gasteiger charge is 2.28. The van der Waals surface area contributed by atoms with Crippen LogP contribution in [0.2, 0.25) is 0 Å². The van der Waals surface area contributed by atoms with E-state index in [9.17, 15) is 9.59 Å². The van der Waals surface area contributed by atoms with E-state index in [2.05, 4.69) is 5.32 Å². The Morgan fingerprint density at radius 2 is 2.04 bits per heavy atom. The monoisotopic (exact) mass is 353 g/mol. The van der Waals surface area contributed by atoms with Crippen molar-refractivity contribution in [2.75, 3.05) is 20.0 Å². The number of hydrogen-bond donors (Lipinski definition) is 1. The number of alkyl carbamates (subject to hydrolysis) is 1. The minimum Gasteiger partial charge on any atom is -0.493 e. The molecule has 1 aliphatic rings.